The number of fused-ring (bicyclic) bond motifs is 3. The number of rotatable bonds is 7. The van der Waals surface area contributed by atoms with Crippen molar-refractivity contribution in [3.63, 3.8) is 0 Å². The van der Waals surface area contributed by atoms with Crippen molar-refractivity contribution in [2.24, 2.45) is 11.1 Å². The zero-order chi connectivity index (χ0) is 19.6. The van der Waals surface area contributed by atoms with E-state index in [4.69, 9.17) is 21.9 Å². The summed E-state index contributed by atoms with van der Waals surface area (Å²) in [5, 5.41) is 11.5. The van der Waals surface area contributed by atoms with E-state index in [1.54, 1.807) is 0 Å². The van der Waals surface area contributed by atoms with Crippen molar-refractivity contribution in [2.75, 3.05) is 12.3 Å². The van der Waals surface area contributed by atoms with Crippen molar-refractivity contribution >= 4 is 33.7 Å². The van der Waals surface area contributed by atoms with Crippen molar-refractivity contribution in [2.45, 2.75) is 46.6 Å². The van der Waals surface area contributed by atoms with Crippen LogP contribution in [0.4, 0.5) is 5.82 Å². The molecule has 0 saturated carbocycles. The number of nitrogens with one attached hydrogen (secondary N) is 2. The number of hydrogen-bond acceptors (Lipinski definition) is 4. The predicted molar refractivity (Wildman–Crippen MR) is 112 cm³/mol. The highest BCUT2D eigenvalue weighted by Gasteiger charge is 2.24. The van der Waals surface area contributed by atoms with E-state index < -0.39 is 0 Å². The van der Waals surface area contributed by atoms with E-state index in [0.29, 0.717) is 12.4 Å². The van der Waals surface area contributed by atoms with E-state index >= 15 is 0 Å². The second-order valence-corrected chi connectivity index (χ2v) is 7.86. The monoisotopic (exact) mass is 367 g/mol. The first-order valence-electron chi connectivity index (χ1n) is 9.43. The summed E-state index contributed by atoms with van der Waals surface area (Å²) < 4.78 is 2.28. The van der Waals surface area contributed by atoms with E-state index in [2.05, 4.69) is 41.7 Å². The normalized spacial score (nSPS) is 12.0. The van der Waals surface area contributed by atoms with E-state index in [0.717, 1.165) is 53.6 Å². The smallest absolute Gasteiger partial charge is 0.185 e. The second kappa shape index (κ2) is 7.42. The Morgan fingerprint density at radius 3 is 2.70 bits per heavy atom. The molecule has 1 aromatic carbocycles. The first-order chi connectivity index (χ1) is 12.8. The van der Waals surface area contributed by atoms with Crippen LogP contribution in [0, 0.1) is 10.8 Å². The molecule has 27 heavy (non-hydrogen) atoms. The molecule has 7 heteroatoms. The average molecular weight is 368 g/mol. The molecule has 0 spiro atoms. The lowest BCUT2D eigenvalue weighted by Crippen LogP contribution is -2.39. The molecule has 144 valence electrons. The van der Waals surface area contributed by atoms with Gasteiger partial charge < -0.3 is 21.4 Å². The minimum absolute atomic E-state index is 0.0105. The van der Waals surface area contributed by atoms with Gasteiger partial charge in [-0.1, -0.05) is 45.4 Å². The van der Waals surface area contributed by atoms with Crippen molar-refractivity contribution in [3.05, 3.63) is 30.1 Å². The highest BCUT2D eigenvalue weighted by atomic mass is 15.1. The lowest BCUT2D eigenvalue weighted by atomic mass is 9.93. The summed E-state index contributed by atoms with van der Waals surface area (Å²) >= 11 is 0. The van der Waals surface area contributed by atoms with Crippen molar-refractivity contribution in [1.82, 2.24) is 19.9 Å². The molecule has 2 heterocycles. The van der Waals surface area contributed by atoms with Gasteiger partial charge in [-0.15, -0.1) is 0 Å². The van der Waals surface area contributed by atoms with Gasteiger partial charge in [-0.3, -0.25) is 5.41 Å². The standard InChI is InChI=1S/C20H29N7/c1-4-5-10-15-26-16-17(13-8-6-7-9-14(13)25-18(16)21)27(15)12-20(2,3)11-24-19(22)23/h6-9H,4-5,10-12H2,1-3H3,(H2,21,25)(H4,22,23,24). The number of aryl methyl sites for hydroxylation is 1. The Bertz CT molecular complexity index is 971. The van der Waals surface area contributed by atoms with Gasteiger partial charge in [-0.25, -0.2) is 9.97 Å². The number of imidazole rings is 1. The average Bonchev–Trinajstić information content (AvgIpc) is 2.97. The number of benzene rings is 1. The Kier molecular flexibility index (Phi) is 5.21. The van der Waals surface area contributed by atoms with Gasteiger partial charge in [-0.2, -0.15) is 0 Å². The fourth-order valence-corrected chi connectivity index (χ4v) is 3.42. The molecule has 0 unspecified atom stereocenters. The molecule has 0 atom stereocenters. The molecule has 2 aromatic heterocycles. The zero-order valence-electron chi connectivity index (χ0n) is 16.3. The van der Waals surface area contributed by atoms with Crippen LogP contribution in [0.1, 0.15) is 39.4 Å². The SMILES string of the molecule is CCCCc1nc2c(N)nc3ccccc3c2n1CC(C)(C)CNC(=N)N. The van der Waals surface area contributed by atoms with Crippen LogP contribution < -0.4 is 16.8 Å². The van der Waals surface area contributed by atoms with Gasteiger partial charge in [0.05, 0.1) is 11.0 Å². The molecular weight excluding hydrogens is 338 g/mol. The summed E-state index contributed by atoms with van der Waals surface area (Å²) in [6.45, 7) is 7.85. The number of pyridine rings is 1. The van der Waals surface area contributed by atoms with Crippen LogP contribution >= 0.6 is 0 Å². The molecular formula is C20H29N7. The summed E-state index contributed by atoms with van der Waals surface area (Å²) in [6, 6.07) is 8.05. The molecule has 0 aliphatic rings. The number of hydrogen-bond donors (Lipinski definition) is 4. The molecule has 3 rings (SSSR count). The van der Waals surface area contributed by atoms with Gasteiger partial charge in [0.2, 0.25) is 0 Å². The molecule has 0 aliphatic carbocycles. The minimum Gasteiger partial charge on any atom is -0.382 e. The maximum Gasteiger partial charge on any atom is 0.185 e. The number of nitrogen functional groups attached to an aromatic ring is 1. The summed E-state index contributed by atoms with van der Waals surface area (Å²) in [5.74, 6) is 1.50. The maximum atomic E-state index is 7.45. The zero-order valence-corrected chi connectivity index (χ0v) is 16.3. The highest BCUT2D eigenvalue weighted by molar-refractivity contribution is 6.06. The Labute approximate surface area is 159 Å². The fraction of sp³-hybridized carbons (Fsp3) is 0.450. The molecule has 3 aromatic rings. The lowest BCUT2D eigenvalue weighted by molar-refractivity contribution is 0.304. The number of guanidine groups is 1. The van der Waals surface area contributed by atoms with Crippen molar-refractivity contribution in [1.29, 1.82) is 5.41 Å². The van der Waals surface area contributed by atoms with Crippen LogP contribution in [-0.2, 0) is 13.0 Å². The van der Waals surface area contributed by atoms with Gasteiger partial charge >= 0.3 is 0 Å². The molecule has 0 bridgehead atoms. The molecule has 0 radical (unpaired) electrons. The van der Waals surface area contributed by atoms with Crippen LogP contribution in [0.3, 0.4) is 0 Å². The third-order valence-corrected chi connectivity index (χ3v) is 4.79. The first kappa shape index (κ1) is 18.9. The molecule has 0 amide bonds. The molecule has 0 aliphatic heterocycles. The van der Waals surface area contributed by atoms with Crippen LogP contribution in [-0.4, -0.2) is 27.0 Å². The number of nitrogens with zero attached hydrogens (tertiary/aromatic N) is 3. The third-order valence-electron chi connectivity index (χ3n) is 4.79. The molecule has 6 N–H and O–H groups in total. The number of anilines is 1. The maximum absolute atomic E-state index is 7.45. The van der Waals surface area contributed by atoms with E-state index in [9.17, 15) is 0 Å². The number of nitrogens with two attached hydrogens (primary N) is 2. The Morgan fingerprint density at radius 1 is 1.26 bits per heavy atom. The largest absolute Gasteiger partial charge is 0.382 e. The second-order valence-electron chi connectivity index (χ2n) is 7.86. The molecule has 0 saturated heterocycles. The lowest BCUT2D eigenvalue weighted by Gasteiger charge is -2.27. The third kappa shape index (κ3) is 3.97. The van der Waals surface area contributed by atoms with E-state index in [-0.39, 0.29) is 11.4 Å². The molecule has 7 nitrogen and oxygen atoms in total. The van der Waals surface area contributed by atoms with Crippen LogP contribution in [0.25, 0.3) is 21.9 Å². The highest BCUT2D eigenvalue weighted by Crippen LogP contribution is 2.31. The minimum atomic E-state index is -0.126. The van der Waals surface area contributed by atoms with Crippen LogP contribution in [0.2, 0.25) is 0 Å². The van der Waals surface area contributed by atoms with Crippen molar-refractivity contribution in [3.8, 4) is 0 Å². The Balaban J connectivity index is 2.16. The first-order valence-corrected chi connectivity index (χ1v) is 9.43. The topological polar surface area (TPSA) is 119 Å². The van der Waals surface area contributed by atoms with Crippen molar-refractivity contribution < 1.29 is 0 Å². The summed E-state index contributed by atoms with van der Waals surface area (Å²) in [5.41, 5.74) is 14.3. The Hall–Kier alpha value is -2.83. The summed E-state index contributed by atoms with van der Waals surface area (Å²) in [6.07, 6.45) is 3.07. The summed E-state index contributed by atoms with van der Waals surface area (Å²) in [7, 11) is 0. The number of unbranched alkanes of at least 4 members (excludes halogenated alkanes) is 1. The predicted octanol–water partition coefficient (Wildman–Crippen LogP) is 3.02. The van der Waals surface area contributed by atoms with Gasteiger partial charge in [0.25, 0.3) is 0 Å². The number of para-hydroxylation sites is 1. The quantitative estimate of drug-likeness (QED) is 0.378. The number of aromatic nitrogens is 3. The van der Waals surface area contributed by atoms with Gasteiger partial charge in [-0.05, 0) is 12.5 Å². The fourth-order valence-electron chi connectivity index (χ4n) is 3.42. The van der Waals surface area contributed by atoms with Crippen LogP contribution in [0.15, 0.2) is 24.3 Å². The Morgan fingerprint density at radius 2 is 2.00 bits per heavy atom. The summed E-state index contributed by atoms with van der Waals surface area (Å²) in [4.78, 5) is 9.41. The van der Waals surface area contributed by atoms with Gasteiger partial charge in [0.15, 0.2) is 11.8 Å². The van der Waals surface area contributed by atoms with E-state index in [1.807, 2.05) is 18.2 Å². The van der Waals surface area contributed by atoms with Gasteiger partial charge in [0, 0.05) is 30.3 Å². The molecule has 0 fully saturated rings. The van der Waals surface area contributed by atoms with Crippen LogP contribution in [0.5, 0.6) is 0 Å². The van der Waals surface area contributed by atoms with Gasteiger partial charge in [0.1, 0.15) is 11.3 Å². The van der Waals surface area contributed by atoms with E-state index in [1.165, 1.54) is 0 Å².